The molecular weight excluding hydrogens is 394 g/mol. The molecule has 0 saturated carbocycles. The Labute approximate surface area is 172 Å². The maximum atomic E-state index is 12.4. The van der Waals surface area contributed by atoms with Gasteiger partial charge in [-0.1, -0.05) is 6.92 Å². The van der Waals surface area contributed by atoms with Crippen molar-refractivity contribution in [1.29, 1.82) is 0 Å². The maximum Gasteiger partial charge on any atom is 0.269 e. The Morgan fingerprint density at radius 2 is 1.76 bits per heavy atom. The lowest BCUT2D eigenvalue weighted by Gasteiger charge is -2.17. The van der Waals surface area contributed by atoms with E-state index in [1.54, 1.807) is 30.3 Å². The largest absolute Gasteiger partial charge is 0.493 e. The van der Waals surface area contributed by atoms with Crippen LogP contribution in [0.5, 0.6) is 11.5 Å². The highest BCUT2D eigenvalue weighted by atomic mass is 32.2. The molecule has 2 aromatic rings. The van der Waals surface area contributed by atoms with E-state index in [1.165, 1.54) is 24.9 Å². The topological polar surface area (TPSA) is 106 Å². The van der Waals surface area contributed by atoms with Crippen LogP contribution in [0.1, 0.15) is 34.1 Å². The molecule has 0 fully saturated rings. The number of hydrogen-bond acceptors (Lipinski definition) is 6. The molecule has 0 bridgehead atoms. The van der Waals surface area contributed by atoms with Crippen LogP contribution in [-0.4, -0.2) is 37.2 Å². The smallest absolute Gasteiger partial charge is 0.269 e. The lowest BCUT2D eigenvalue weighted by atomic mass is 10.2. The van der Waals surface area contributed by atoms with Gasteiger partial charge in [0.2, 0.25) is 5.91 Å². The highest BCUT2D eigenvalue weighted by molar-refractivity contribution is 8.00. The molecule has 3 rings (SSSR count). The molecule has 0 radical (unpaired) electrons. The molecule has 1 aliphatic rings. The van der Waals surface area contributed by atoms with Gasteiger partial charge in [0, 0.05) is 16.0 Å². The van der Waals surface area contributed by atoms with E-state index in [0.29, 0.717) is 40.7 Å². The third kappa shape index (κ3) is 5.00. The molecule has 1 heterocycles. The molecule has 0 aromatic heterocycles. The van der Waals surface area contributed by atoms with Gasteiger partial charge in [-0.3, -0.25) is 25.2 Å². The molecule has 152 valence electrons. The summed E-state index contributed by atoms with van der Waals surface area (Å²) in [6, 6.07) is 9.74. The van der Waals surface area contributed by atoms with Gasteiger partial charge in [0.05, 0.1) is 25.2 Å². The number of carbonyl (C=O) groups excluding carboxylic acids is 3. The van der Waals surface area contributed by atoms with Crippen molar-refractivity contribution in [3.63, 3.8) is 0 Å². The fourth-order valence-electron chi connectivity index (χ4n) is 2.62. The Bertz CT molecular complexity index is 948. The number of anilines is 1. The average molecular weight is 415 g/mol. The van der Waals surface area contributed by atoms with Crippen LogP contribution in [0.15, 0.2) is 41.3 Å². The summed E-state index contributed by atoms with van der Waals surface area (Å²) in [4.78, 5) is 37.1. The monoisotopic (exact) mass is 415 g/mol. The molecular formula is C20H21N3O5S. The first-order chi connectivity index (χ1) is 14.0. The molecule has 0 aliphatic carbocycles. The minimum atomic E-state index is -0.500. The average Bonchev–Trinajstić information content (AvgIpc) is 2.75. The number of rotatable bonds is 6. The first-order valence-electron chi connectivity index (χ1n) is 9.00. The molecule has 8 nitrogen and oxygen atoms in total. The van der Waals surface area contributed by atoms with Crippen molar-refractivity contribution in [2.24, 2.45) is 0 Å². The highest BCUT2D eigenvalue weighted by Gasteiger charge is 2.18. The zero-order chi connectivity index (χ0) is 20.8. The number of fused-ring (bicyclic) bond motifs is 1. The summed E-state index contributed by atoms with van der Waals surface area (Å²) in [5, 5.41) is 2.73. The second-order valence-corrected chi connectivity index (χ2v) is 7.19. The summed E-state index contributed by atoms with van der Waals surface area (Å²) < 4.78 is 10.8. The fourth-order valence-corrected chi connectivity index (χ4v) is 3.41. The summed E-state index contributed by atoms with van der Waals surface area (Å²) in [6.07, 6.45) is 0.850. The van der Waals surface area contributed by atoms with Crippen LogP contribution in [0, 0.1) is 0 Å². The van der Waals surface area contributed by atoms with Crippen molar-refractivity contribution in [2.75, 3.05) is 24.8 Å². The van der Waals surface area contributed by atoms with Crippen LogP contribution in [0.4, 0.5) is 5.69 Å². The second kappa shape index (κ2) is 9.33. The molecule has 0 atom stereocenters. The number of thioether (sulfide) groups is 1. The molecule has 9 heteroatoms. The van der Waals surface area contributed by atoms with Gasteiger partial charge in [0.15, 0.2) is 11.5 Å². The number of nitrogens with one attached hydrogen (secondary N) is 3. The lowest BCUT2D eigenvalue weighted by molar-refractivity contribution is -0.113. The van der Waals surface area contributed by atoms with E-state index < -0.39 is 11.8 Å². The van der Waals surface area contributed by atoms with Crippen LogP contribution < -0.4 is 25.6 Å². The molecule has 29 heavy (non-hydrogen) atoms. The number of ether oxygens (including phenoxy) is 2. The fraction of sp³-hybridized carbons (Fsp3) is 0.250. The molecule has 3 N–H and O–H groups in total. The highest BCUT2D eigenvalue weighted by Crippen LogP contribution is 2.32. The third-order valence-electron chi connectivity index (χ3n) is 4.05. The van der Waals surface area contributed by atoms with Crippen LogP contribution in [0.25, 0.3) is 0 Å². The van der Waals surface area contributed by atoms with Crippen molar-refractivity contribution in [2.45, 2.75) is 18.2 Å². The van der Waals surface area contributed by atoms with Crippen molar-refractivity contribution in [3.8, 4) is 11.5 Å². The van der Waals surface area contributed by atoms with E-state index >= 15 is 0 Å². The van der Waals surface area contributed by atoms with E-state index in [1.807, 2.05) is 6.92 Å². The van der Waals surface area contributed by atoms with Crippen LogP contribution in [0.2, 0.25) is 0 Å². The molecule has 0 spiro atoms. The standard InChI is InChI=1S/C20H21N3O5S/c1-3-8-28-15-6-4-13(10-16(15)27-2)20(26)23-22-19(25)12-5-7-17-14(9-12)21-18(24)11-29-17/h4-7,9-10H,3,8,11H2,1-2H3,(H,21,24)(H,22,25)(H,23,26). The van der Waals surface area contributed by atoms with Crippen LogP contribution >= 0.6 is 11.8 Å². The molecule has 3 amide bonds. The first kappa shape index (κ1) is 20.5. The molecule has 1 aliphatic heterocycles. The van der Waals surface area contributed by atoms with Crippen molar-refractivity contribution in [3.05, 3.63) is 47.5 Å². The number of hydrazine groups is 1. The number of amides is 3. The van der Waals surface area contributed by atoms with Gasteiger partial charge in [0.1, 0.15) is 0 Å². The van der Waals surface area contributed by atoms with E-state index in [4.69, 9.17) is 9.47 Å². The predicted molar refractivity (Wildman–Crippen MR) is 110 cm³/mol. The number of methoxy groups -OCH3 is 1. The molecule has 0 unspecified atom stereocenters. The van der Waals surface area contributed by atoms with Crippen LogP contribution in [0.3, 0.4) is 0 Å². The zero-order valence-corrected chi connectivity index (χ0v) is 16.9. The Balaban J connectivity index is 1.64. The summed E-state index contributed by atoms with van der Waals surface area (Å²) in [7, 11) is 1.49. The zero-order valence-electron chi connectivity index (χ0n) is 16.0. The summed E-state index contributed by atoms with van der Waals surface area (Å²) in [6.45, 7) is 2.53. The summed E-state index contributed by atoms with van der Waals surface area (Å²) in [5.41, 5.74) is 5.94. The molecule has 0 saturated heterocycles. The number of hydrogen-bond donors (Lipinski definition) is 3. The van der Waals surface area contributed by atoms with Gasteiger partial charge in [-0.05, 0) is 42.8 Å². The van der Waals surface area contributed by atoms with Gasteiger partial charge in [-0.25, -0.2) is 0 Å². The van der Waals surface area contributed by atoms with E-state index in [0.717, 1.165) is 11.3 Å². The van der Waals surface area contributed by atoms with Crippen molar-refractivity contribution < 1.29 is 23.9 Å². The Kier molecular flexibility index (Phi) is 6.61. The van der Waals surface area contributed by atoms with Gasteiger partial charge in [-0.2, -0.15) is 0 Å². The number of carbonyl (C=O) groups is 3. The Hall–Kier alpha value is -3.20. The second-order valence-electron chi connectivity index (χ2n) is 6.17. The number of benzene rings is 2. The van der Waals surface area contributed by atoms with E-state index in [2.05, 4.69) is 16.2 Å². The van der Waals surface area contributed by atoms with E-state index in [9.17, 15) is 14.4 Å². The first-order valence-corrected chi connectivity index (χ1v) is 9.98. The molecule has 2 aromatic carbocycles. The van der Waals surface area contributed by atoms with Crippen molar-refractivity contribution in [1.82, 2.24) is 10.9 Å². The summed E-state index contributed by atoms with van der Waals surface area (Å²) in [5.74, 6) is 0.208. The Morgan fingerprint density at radius 1 is 1.07 bits per heavy atom. The van der Waals surface area contributed by atoms with E-state index in [-0.39, 0.29) is 5.91 Å². The van der Waals surface area contributed by atoms with Gasteiger partial charge >= 0.3 is 0 Å². The minimum absolute atomic E-state index is 0.117. The normalized spacial score (nSPS) is 12.4. The van der Waals surface area contributed by atoms with Crippen molar-refractivity contribution >= 4 is 35.2 Å². The minimum Gasteiger partial charge on any atom is -0.493 e. The van der Waals surface area contributed by atoms with Gasteiger partial charge < -0.3 is 14.8 Å². The quantitative estimate of drug-likeness (QED) is 0.627. The van der Waals surface area contributed by atoms with Gasteiger partial charge in [-0.15, -0.1) is 11.8 Å². The maximum absolute atomic E-state index is 12.4. The lowest BCUT2D eigenvalue weighted by Crippen LogP contribution is -2.41. The SMILES string of the molecule is CCCOc1ccc(C(=O)NNC(=O)c2ccc3c(c2)NC(=O)CS3)cc1OC. The Morgan fingerprint density at radius 3 is 2.45 bits per heavy atom. The predicted octanol–water partition coefficient (Wildman–Crippen LogP) is 2.60. The van der Waals surface area contributed by atoms with Gasteiger partial charge in [0.25, 0.3) is 11.8 Å². The van der Waals surface area contributed by atoms with Crippen LogP contribution in [-0.2, 0) is 4.79 Å². The third-order valence-corrected chi connectivity index (χ3v) is 5.13. The summed E-state index contributed by atoms with van der Waals surface area (Å²) >= 11 is 1.41.